The highest BCUT2D eigenvalue weighted by molar-refractivity contribution is 7.89. The Morgan fingerprint density at radius 1 is 1.17 bits per heavy atom. The molecule has 1 N–H and O–H groups in total. The predicted octanol–water partition coefficient (Wildman–Crippen LogP) is 3.93. The molecule has 156 valence electrons. The molecule has 0 radical (unpaired) electrons. The summed E-state index contributed by atoms with van der Waals surface area (Å²) in [5.41, 5.74) is 5.08. The Bertz CT molecular complexity index is 1160. The zero-order valence-electron chi connectivity index (χ0n) is 15.9. The van der Waals surface area contributed by atoms with E-state index in [4.69, 9.17) is 16.3 Å². The number of ether oxygens (including phenoxy) is 1. The zero-order valence-corrected chi connectivity index (χ0v) is 18.3. The number of aromatic nitrogens is 1. The molecule has 0 amide bonds. The van der Waals surface area contributed by atoms with E-state index in [9.17, 15) is 8.42 Å². The molecule has 0 bridgehead atoms. The number of nitrogens with zero attached hydrogens (tertiary/aromatic N) is 3. The van der Waals surface area contributed by atoms with Crippen LogP contribution in [0.3, 0.4) is 0 Å². The summed E-state index contributed by atoms with van der Waals surface area (Å²) < 4.78 is 32.5. The maximum atomic E-state index is 12.9. The summed E-state index contributed by atoms with van der Waals surface area (Å²) in [6.45, 7) is 1.55. The van der Waals surface area contributed by atoms with Crippen molar-refractivity contribution in [2.24, 2.45) is 5.10 Å². The fraction of sp³-hybridized carbons (Fsp3) is 0.200. The van der Waals surface area contributed by atoms with E-state index >= 15 is 0 Å². The number of hydrazone groups is 1. The number of thiazole rings is 1. The molecular weight excluding hydrogens is 444 g/mol. The monoisotopic (exact) mass is 462 g/mol. The Morgan fingerprint density at radius 3 is 2.77 bits per heavy atom. The summed E-state index contributed by atoms with van der Waals surface area (Å²) in [4.78, 5) is 4.75. The number of anilines is 1. The number of hydrogen-bond acceptors (Lipinski definition) is 7. The number of nitrogens with one attached hydrogen (secondary N) is 1. The second kappa shape index (κ2) is 9.23. The van der Waals surface area contributed by atoms with E-state index in [1.807, 2.05) is 29.6 Å². The third-order valence-electron chi connectivity index (χ3n) is 4.51. The third-order valence-corrected chi connectivity index (χ3v) is 7.50. The first-order valence-electron chi connectivity index (χ1n) is 9.21. The predicted molar refractivity (Wildman–Crippen MR) is 120 cm³/mol. The Labute approximate surface area is 184 Å². The van der Waals surface area contributed by atoms with Gasteiger partial charge in [-0.25, -0.2) is 13.4 Å². The molecule has 0 unspecified atom stereocenters. The lowest BCUT2D eigenvalue weighted by Gasteiger charge is -2.26. The van der Waals surface area contributed by atoms with Crippen molar-refractivity contribution in [3.8, 4) is 11.3 Å². The van der Waals surface area contributed by atoms with Crippen molar-refractivity contribution in [3.05, 3.63) is 64.5 Å². The van der Waals surface area contributed by atoms with Crippen molar-refractivity contribution in [1.82, 2.24) is 9.29 Å². The highest BCUT2D eigenvalue weighted by Gasteiger charge is 2.26. The number of benzene rings is 2. The summed E-state index contributed by atoms with van der Waals surface area (Å²) in [5, 5.41) is 7.23. The van der Waals surface area contributed by atoms with Crippen LogP contribution in [0.2, 0.25) is 5.02 Å². The van der Waals surface area contributed by atoms with Gasteiger partial charge in [0.2, 0.25) is 15.2 Å². The first kappa shape index (κ1) is 21.0. The fourth-order valence-electron chi connectivity index (χ4n) is 2.95. The van der Waals surface area contributed by atoms with Gasteiger partial charge in [0, 0.05) is 34.6 Å². The number of sulfonamides is 1. The maximum absolute atomic E-state index is 12.9. The van der Waals surface area contributed by atoms with E-state index < -0.39 is 10.0 Å². The van der Waals surface area contributed by atoms with Gasteiger partial charge in [-0.3, -0.25) is 5.43 Å². The number of morpholine rings is 1. The van der Waals surface area contributed by atoms with Gasteiger partial charge in [-0.15, -0.1) is 11.3 Å². The molecule has 4 rings (SSSR count). The average molecular weight is 463 g/mol. The van der Waals surface area contributed by atoms with Gasteiger partial charge in [0.15, 0.2) is 0 Å². The highest BCUT2D eigenvalue weighted by Crippen LogP contribution is 2.28. The van der Waals surface area contributed by atoms with Crippen molar-refractivity contribution in [2.45, 2.75) is 4.90 Å². The summed E-state index contributed by atoms with van der Waals surface area (Å²) in [6, 6.07) is 14.2. The second-order valence-electron chi connectivity index (χ2n) is 6.47. The van der Waals surface area contributed by atoms with E-state index in [0.717, 1.165) is 11.1 Å². The van der Waals surface area contributed by atoms with Gasteiger partial charge in [-0.05, 0) is 18.2 Å². The minimum Gasteiger partial charge on any atom is -0.379 e. The quantitative estimate of drug-likeness (QED) is 0.443. The topological polar surface area (TPSA) is 83.9 Å². The molecule has 0 spiro atoms. The molecule has 0 atom stereocenters. The molecule has 1 aliphatic rings. The van der Waals surface area contributed by atoms with E-state index in [1.165, 1.54) is 15.6 Å². The van der Waals surface area contributed by atoms with Gasteiger partial charge in [-0.1, -0.05) is 41.9 Å². The number of rotatable bonds is 6. The lowest BCUT2D eigenvalue weighted by Crippen LogP contribution is -2.40. The van der Waals surface area contributed by atoms with Gasteiger partial charge in [0.1, 0.15) is 0 Å². The molecule has 3 aromatic rings. The van der Waals surface area contributed by atoms with Crippen LogP contribution in [0.15, 0.2) is 63.9 Å². The van der Waals surface area contributed by atoms with E-state index in [1.54, 1.807) is 30.5 Å². The molecule has 2 aromatic carbocycles. The van der Waals surface area contributed by atoms with Gasteiger partial charge < -0.3 is 4.74 Å². The summed E-state index contributed by atoms with van der Waals surface area (Å²) >= 11 is 7.49. The van der Waals surface area contributed by atoms with Gasteiger partial charge >= 0.3 is 0 Å². The van der Waals surface area contributed by atoms with Crippen LogP contribution in [0.4, 0.5) is 5.13 Å². The van der Waals surface area contributed by atoms with Crippen LogP contribution < -0.4 is 5.43 Å². The lowest BCUT2D eigenvalue weighted by atomic mass is 10.2. The smallest absolute Gasteiger partial charge is 0.243 e. The molecule has 1 aromatic heterocycles. The van der Waals surface area contributed by atoms with Crippen molar-refractivity contribution < 1.29 is 13.2 Å². The Kier molecular flexibility index (Phi) is 6.45. The minimum absolute atomic E-state index is 0.251. The molecular formula is C20H19ClN4O3S2. The van der Waals surface area contributed by atoms with Crippen molar-refractivity contribution in [1.29, 1.82) is 0 Å². The normalized spacial score (nSPS) is 15.5. The Morgan fingerprint density at radius 2 is 1.97 bits per heavy atom. The number of halogens is 1. The van der Waals surface area contributed by atoms with Gasteiger partial charge in [0.25, 0.3) is 0 Å². The molecule has 2 heterocycles. The first-order valence-corrected chi connectivity index (χ1v) is 11.9. The molecule has 30 heavy (non-hydrogen) atoms. The number of hydrogen-bond donors (Lipinski definition) is 1. The first-order chi connectivity index (χ1) is 14.5. The van der Waals surface area contributed by atoms with Crippen LogP contribution in [-0.4, -0.2) is 50.2 Å². The Balaban J connectivity index is 1.50. The summed E-state index contributed by atoms with van der Waals surface area (Å²) in [7, 11) is -3.56. The average Bonchev–Trinajstić information content (AvgIpc) is 3.25. The van der Waals surface area contributed by atoms with E-state index in [2.05, 4.69) is 15.5 Å². The molecule has 1 fully saturated rings. The van der Waals surface area contributed by atoms with Crippen molar-refractivity contribution in [3.63, 3.8) is 0 Å². The van der Waals surface area contributed by atoms with Crippen LogP contribution in [0.1, 0.15) is 5.56 Å². The van der Waals surface area contributed by atoms with Crippen LogP contribution in [0, 0.1) is 0 Å². The molecule has 10 heteroatoms. The van der Waals surface area contributed by atoms with Crippen LogP contribution in [0.25, 0.3) is 11.3 Å². The SMILES string of the molecule is O=S(=O)(c1cccc(-c2csc(N/N=C\c3ccccc3Cl)n2)c1)N1CCOCC1. The third kappa shape index (κ3) is 4.71. The largest absolute Gasteiger partial charge is 0.379 e. The molecule has 7 nitrogen and oxygen atoms in total. The second-order valence-corrected chi connectivity index (χ2v) is 9.68. The summed E-state index contributed by atoms with van der Waals surface area (Å²) in [5.74, 6) is 0. The van der Waals surface area contributed by atoms with Crippen LogP contribution in [0.5, 0.6) is 0 Å². The highest BCUT2D eigenvalue weighted by atomic mass is 35.5. The van der Waals surface area contributed by atoms with Gasteiger partial charge in [-0.2, -0.15) is 9.41 Å². The maximum Gasteiger partial charge on any atom is 0.243 e. The molecule has 0 aliphatic carbocycles. The van der Waals surface area contributed by atoms with Crippen molar-refractivity contribution in [2.75, 3.05) is 31.7 Å². The fourth-order valence-corrected chi connectivity index (χ4v) is 5.25. The molecule has 0 saturated carbocycles. The summed E-state index contributed by atoms with van der Waals surface area (Å²) in [6.07, 6.45) is 1.62. The Hall–Kier alpha value is -2.30. The minimum atomic E-state index is -3.56. The molecule has 1 aliphatic heterocycles. The zero-order chi connectivity index (χ0) is 21.0. The van der Waals surface area contributed by atoms with Gasteiger partial charge in [0.05, 0.1) is 30.0 Å². The van der Waals surface area contributed by atoms with E-state index in [-0.39, 0.29) is 4.90 Å². The lowest BCUT2D eigenvalue weighted by molar-refractivity contribution is 0.0730. The molecule has 1 saturated heterocycles. The standard InChI is InChI=1S/C20H19ClN4O3S2/c21-18-7-2-1-4-16(18)13-22-24-20-23-19(14-29-20)15-5-3-6-17(12-15)30(26,27)25-8-10-28-11-9-25/h1-7,12-14H,8-11H2,(H,23,24)/b22-13-. The van der Waals surface area contributed by atoms with Crippen LogP contribution in [-0.2, 0) is 14.8 Å². The van der Waals surface area contributed by atoms with Crippen LogP contribution >= 0.6 is 22.9 Å². The van der Waals surface area contributed by atoms with Crippen molar-refractivity contribution >= 4 is 44.3 Å². The van der Waals surface area contributed by atoms with E-state index in [0.29, 0.717) is 42.2 Å².